The van der Waals surface area contributed by atoms with E-state index in [1.807, 2.05) is 6.07 Å². The Morgan fingerprint density at radius 2 is 1.88 bits per heavy atom. The average Bonchev–Trinajstić information content (AvgIpc) is 2.85. The standard InChI is InChI=1S/C18H19NO3S2/c20-18(16-12-13-6-2-1-3-8-15(13)23-16)19-10-11-24(21,22)17-9-5-4-7-14(17)19/h4-5,7,9,12H,1-3,6,8,10-11H2. The van der Waals surface area contributed by atoms with Crippen molar-refractivity contribution in [1.29, 1.82) is 0 Å². The second-order valence-corrected chi connectivity index (χ2v) is 9.58. The number of fused-ring (bicyclic) bond motifs is 2. The van der Waals surface area contributed by atoms with Crippen molar-refractivity contribution in [3.05, 3.63) is 45.6 Å². The summed E-state index contributed by atoms with van der Waals surface area (Å²) in [6.45, 7) is 0.223. The number of para-hydroxylation sites is 1. The van der Waals surface area contributed by atoms with E-state index in [0.29, 0.717) is 5.69 Å². The molecule has 0 bridgehead atoms. The first-order valence-electron chi connectivity index (χ1n) is 8.31. The molecule has 2 aliphatic rings. The molecule has 4 nitrogen and oxygen atoms in total. The Morgan fingerprint density at radius 1 is 1.08 bits per heavy atom. The summed E-state index contributed by atoms with van der Waals surface area (Å²) < 4.78 is 24.5. The molecule has 1 aromatic heterocycles. The van der Waals surface area contributed by atoms with Crippen LogP contribution in [0.5, 0.6) is 0 Å². The first-order chi connectivity index (χ1) is 11.6. The van der Waals surface area contributed by atoms with Crippen molar-refractivity contribution in [2.75, 3.05) is 17.2 Å². The molecule has 0 spiro atoms. The predicted octanol–water partition coefficient (Wildman–Crippen LogP) is 3.45. The summed E-state index contributed by atoms with van der Waals surface area (Å²) in [5.41, 5.74) is 1.82. The normalized spacial score (nSPS) is 19.2. The van der Waals surface area contributed by atoms with Crippen LogP contribution in [0.25, 0.3) is 0 Å². The van der Waals surface area contributed by atoms with E-state index in [9.17, 15) is 13.2 Å². The van der Waals surface area contributed by atoms with Crippen molar-refractivity contribution in [1.82, 2.24) is 0 Å². The molecule has 24 heavy (non-hydrogen) atoms. The van der Waals surface area contributed by atoms with E-state index in [1.54, 1.807) is 40.5 Å². The van der Waals surface area contributed by atoms with Crippen molar-refractivity contribution in [3.8, 4) is 0 Å². The fourth-order valence-electron chi connectivity index (χ4n) is 3.50. The zero-order valence-electron chi connectivity index (χ0n) is 13.3. The molecule has 0 unspecified atom stereocenters. The highest BCUT2D eigenvalue weighted by atomic mass is 32.2. The Balaban J connectivity index is 1.71. The Labute approximate surface area is 146 Å². The molecule has 0 saturated heterocycles. The molecule has 0 radical (unpaired) electrons. The molecule has 6 heteroatoms. The van der Waals surface area contributed by atoms with Gasteiger partial charge in [-0.25, -0.2) is 8.42 Å². The van der Waals surface area contributed by atoms with Crippen LogP contribution in [0.15, 0.2) is 35.2 Å². The molecule has 1 aromatic carbocycles. The van der Waals surface area contributed by atoms with E-state index < -0.39 is 9.84 Å². The van der Waals surface area contributed by atoms with Gasteiger partial charge in [-0.1, -0.05) is 18.6 Å². The number of thiophene rings is 1. The number of rotatable bonds is 1. The number of hydrogen-bond donors (Lipinski definition) is 0. The van der Waals surface area contributed by atoms with Gasteiger partial charge >= 0.3 is 0 Å². The van der Waals surface area contributed by atoms with Gasteiger partial charge in [0.25, 0.3) is 5.91 Å². The highest BCUT2D eigenvalue weighted by Crippen LogP contribution is 2.34. The van der Waals surface area contributed by atoms with Crippen molar-refractivity contribution in [2.24, 2.45) is 0 Å². The third kappa shape index (κ3) is 2.67. The van der Waals surface area contributed by atoms with Gasteiger partial charge in [-0.15, -0.1) is 11.3 Å². The first-order valence-corrected chi connectivity index (χ1v) is 10.8. The Bertz CT molecular complexity index is 875. The summed E-state index contributed by atoms with van der Waals surface area (Å²) >= 11 is 1.58. The predicted molar refractivity (Wildman–Crippen MR) is 95.7 cm³/mol. The van der Waals surface area contributed by atoms with Crippen LogP contribution in [0.1, 0.15) is 39.4 Å². The number of carbonyl (C=O) groups excluding carboxylic acids is 1. The summed E-state index contributed by atoms with van der Waals surface area (Å²) in [7, 11) is -3.29. The van der Waals surface area contributed by atoms with Gasteiger partial charge in [0.05, 0.1) is 21.2 Å². The number of nitrogens with zero attached hydrogens (tertiary/aromatic N) is 1. The van der Waals surface area contributed by atoms with Gasteiger partial charge in [0.1, 0.15) is 0 Å². The first kappa shape index (κ1) is 15.8. The van der Waals surface area contributed by atoms with Gasteiger partial charge in [-0.3, -0.25) is 4.79 Å². The van der Waals surface area contributed by atoms with E-state index >= 15 is 0 Å². The van der Waals surface area contributed by atoms with Crippen molar-refractivity contribution >= 4 is 32.8 Å². The summed E-state index contributed by atoms with van der Waals surface area (Å²) in [5.74, 6) is -0.0867. The smallest absolute Gasteiger partial charge is 0.268 e. The van der Waals surface area contributed by atoms with Crippen LogP contribution in [0.4, 0.5) is 5.69 Å². The topological polar surface area (TPSA) is 54.5 Å². The molecule has 0 saturated carbocycles. The Kier molecular flexibility index (Phi) is 3.96. The summed E-state index contributed by atoms with van der Waals surface area (Å²) in [6.07, 6.45) is 5.72. The van der Waals surface area contributed by atoms with Gasteiger partial charge < -0.3 is 4.90 Å². The number of aryl methyl sites for hydroxylation is 2. The van der Waals surface area contributed by atoms with E-state index in [4.69, 9.17) is 0 Å². The van der Waals surface area contributed by atoms with Crippen molar-refractivity contribution in [3.63, 3.8) is 0 Å². The van der Waals surface area contributed by atoms with E-state index in [1.165, 1.54) is 29.7 Å². The Morgan fingerprint density at radius 3 is 2.75 bits per heavy atom. The van der Waals surface area contributed by atoms with E-state index in [0.717, 1.165) is 17.7 Å². The maximum absolute atomic E-state index is 13.0. The quantitative estimate of drug-likeness (QED) is 0.731. The molecule has 1 aliphatic heterocycles. The fourth-order valence-corrected chi connectivity index (χ4v) is 6.13. The minimum absolute atomic E-state index is 0.0131. The number of anilines is 1. The molecule has 4 rings (SSSR count). The minimum atomic E-state index is -3.29. The fraction of sp³-hybridized carbons (Fsp3) is 0.389. The molecule has 2 aromatic rings. The number of carbonyl (C=O) groups is 1. The molecule has 0 atom stereocenters. The van der Waals surface area contributed by atoms with E-state index in [2.05, 4.69) is 0 Å². The monoisotopic (exact) mass is 361 g/mol. The summed E-state index contributed by atoms with van der Waals surface area (Å²) in [6, 6.07) is 8.83. The number of hydrogen-bond acceptors (Lipinski definition) is 4. The molecule has 0 fully saturated rings. The second kappa shape index (κ2) is 6.01. The molecule has 1 aliphatic carbocycles. The minimum Gasteiger partial charge on any atom is -0.305 e. The second-order valence-electron chi connectivity index (χ2n) is 6.36. The van der Waals surface area contributed by atoms with Crippen LogP contribution in [-0.4, -0.2) is 26.6 Å². The maximum Gasteiger partial charge on any atom is 0.268 e. The van der Waals surface area contributed by atoms with Crippen LogP contribution in [0, 0.1) is 0 Å². The van der Waals surface area contributed by atoms with Crippen molar-refractivity contribution in [2.45, 2.75) is 37.0 Å². The van der Waals surface area contributed by atoms with Gasteiger partial charge in [0, 0.05) is 11.4 Å². The maximum atomic E-state index is 13.0. The average molecular weight is 361 g/mol. The molecule has 1 amide bonds. The molecule has 126 valence electrons. The lowest BCUT2D eigenvalue weighted by atomic mass is 10.1. The van der Waals surface area contributed by atoms with Crippen LogP contribution in [-0.2, 0) is 22.7 Å². The highest BCUT2D eigenvalue weighted by Gasteiger charge is 2.32. The van der Waals surface area contributed by atoms with Crippen LogP contribution in [0.2, 0.25) is 0 Å². The van der Waals surface area contributed by atoms with Crippen LogP contribution < -0.4 is 4.90 Å². The van der Waals surface area contributed by atoms with E-state index in [-0.39, 0.29) is 23.1 Å². The SMILES string of the molecule is O=C(c1cc2c(s1)CCCCC2)N1CCS(=O)(=O)c2ccccc21. The number of amides is 1. The molecular weight excluding hydrogens is 342 g/mol. The third-order valence-electron chi connectivity index (χ3n) is 4.78. The summed E-state index contributed by atoms with van der Waals surface area (Å²) in [4.78, 5) is 17.0. The summed E-state index contributed by atoms with van der Waals surface area (Å²) in [5, 5.41) is 0. The molecule has 2 heterocycles. The lowest BCUT2D eigenvalue weighted by Gasteiger charge is -2.28. The Hall–Kier alpha value is -1.66. The zero-order valence-corrected chi connectivity index (χ0v) is 15.0. The zero-order chi connectivity index (χ0) is 16.7. The van der Waals surface area contributed by atoms with Gasteiger partial charge in [-0.2, -0.15) is 0 Å². The lowest BCUT2D eigenvalue weighted by Crippen LogP contribution is -2.39. The lowest BCUT2D eigenvalue weighted by molar-refractivity contribution is 0.0991. The largest absolute Gasteiger partial charge is 0.305 e. The van der Waals surface area contributed by atoms with Crippen molar-refractivity contribution < 1.29 is 13.2 Å². The number of sulfone groups is 1. The van der Waals surface area contributed by atoms with Gasteiger partial charge in [-0.05, 0) is 49.4 Å². The van der Waals surface area contributed by atoms with Gasteiger partial charge in [0.2, 0.25) is 0 Å². The van der Waals surface area contributed by atoms with Gasteiger partial charge in [0.15, 0.2) is 9.84 Å². The third-order valence-corrected chi connectivity index (χ3v) is 7.74. The molecule has 0 N–H and O–H groups in total. The molecular formula is C18H19NO3S2. The van der Waals surface area contributed by atoms with Crippen LogP contribution in [0.3, 0.4) is 0 Å². The number of benzene rings is 1. The van der Waals surface area contributed by atoms with Crippen LogP contribution >= 0.6 is 11.3 Å². The highest BCUT2D eigenvalue weighted by molar-refractivity contribution is 7.91.